The van der Waals surface area contributed by atoms with Gasteiger partial charge in [-0.2, -0.15) is 4.31 Å². The summed E-state index contributed by atoms with van der Waals surface area (Å²) in [6.45, 7) is 0.506. The summed E-state index contributed by atoms with van der Waals surface area (Å²) in [6.07, 6.45) is 2.68. The van der Waals surface area contributed by atoms with Gasteiger partial charge in [0.2, 0.25) is 10.0 Å². The molecule has 19 heavy (non-hydrogen) atoms. The first-order valence-electron chi connectivity index (χ1n) is 5.99. The lowest BCUT2D eigenvalue weighted by molar-refractivity contribution is 0.271. The smallest absolute Gasteiger partial charge is 0.207 e. The van der Waals surface area contributed by atoms with Crippen molar-refractivity contribution in [2.45, 2.75) is 30.2 Å². The number of hydrogen-bond acceptors (Lipinski definition) is 2. The molecule has 0 saturated carbocycles. The fourth-order valence-corrected chi connectivity index (χ4v) is 5.36. The van der Waals surface area contributed by atoms with Gasteiger partial charge >= 0.3 is 0 Å². The van der Waals surface area contributed by atoms with Gasteiger partial charge in [0, 0.05) is 22.9 Å². The highest BCUT2D eigenvalue weighted by Crippen LogP contribution is 2.31. The molecule has 1 atom stereocenters. The van der Waals surface area contributed by atoms with Crippen molar-refractivity contribution in [2.24, 2.45) is 0 Å². The molecular weight excluding hydrogens is 373 g/mol. The Bertz CT molecular complexity index is 565. The molecule has 1 fully saturated rings. The Morgan fingerprint density at radius 3 is 2.74 bits per heavy atom. The first-order chi connectivity index (χ1) is 8.96. The molecule has 1 saturated heterocycles. The number of alkyl halides is 1. The Labute approximate surface area is 132 Å². The predicted molar refractivity (Wildman–Crippen MR) is 81.4 cm³/mol. The van der Waals surface area contributed by atoms with Crippen LogP contribution in [0.1, 0.15) is 19.3 Å². The van der Waals surface area contributed by atoms with Crippen LogP contribution >= 0.6 is 39.1 Å². The summed E-state index contributed by atoms with van der Waals surface area (Å²) in [6, 6.07) is 4.66. The third kappa shape index (κ3) is 3.27. The highest BCUT2D eigenvalue weighted by atomic mass is 79.9. The number of halogens is 3. The Morgan fingerprint density at radius 2 is 2.11 bits per heavy atom. The van der Waals surface area contributed by atoms with E-state index >= 15 is 0 Å². The third-order valence-corrected chi connectivity index (χ3v) is 6.52. The maximum Gasteiger partial charge on any atom is 0.244 e. The molecule has 0 bridgehead atoms. The molecule has 1 unspecified atom stereocenters. The SMILES string of the molecule is O=S(=O)(c1ccc(Br)cc1Cl)N1CCCCC1CCl. The van der Waals surface area contributed by atoms with Crippen molar-refractivity contribution >= 4 is 49.2 Å². The van der Waals surface area contributed by atoms with Crippen molar-refractivity contribution in [3.63, 3.8) is 0 Å². The lowest BCUT2D eigenvalue weighted by Gasteiger charge is -2.33. The minimum Gasteiger partial charge on any atom is -0.207 e. The fourth-order valence-electron chi connectivity index (χ4n) is 2.26. The van der Waals surface area contributed by atoms with E-state index in [2.05, 4.69) is 15.9 Å². The third-order valence-electron chi connectivity index (χ3n) is 3.23. The predicted octanol–water partition coefficient (Wildman–Crippen LogP) is 3.88. The van der Waals surface area contributed by atoms with Gasteiger partial charge in [-0.3, -0.25) is 0 Å². The summed E-state index contributed by atoms with van der Waals surface area (Å²) >= 11 is 15.2. The zero-order valence-electron chi connectivity index (χ0n) is 10.2. The van der Waals surface area contributed by atoms with E-state index in [0.717, 1.165) is 23.7 Å². The van der Waals surface area contributed by atoms with Crippen molar-refractivity contribution in [3.8, 4) is 0 Å². The second-order valence-corrected chi connectivity index (χ2v) is 7.98. The highest BCUT2D eigenvalue weighted by Gasteiger charge is 2.34. The molecule has 0 amide bonds. The van der Waals surface area contributed by atoms with Crippen LogP contribution in [0.25, 0.3) is 0 Å². The average Bonchev–Trinajstić information content (AvgIpc) is 2.38. The number of hydrogen-bond donors (Lipinski definition) is 0. The van der Waals surface area contributed by atoms with Gasteiger partial charge in [-0.1, -0.05) is 34.0 Å². The van der Waals surface area contributed by atoms with E-state index in [9.17, 15) is 8.42 Å². The van der Waals surface area contributed by atoms with Gasteiger partial charge in [-0.25, -0.2) is 8.42 Å². The number of piperidine rings is 1. The Balaban J connectivity index is 2.40. The topological polar surface area (TPSA) is 37.4 Å². The molecule has 1 aliphatic heterocycles. The monoisotopic (exact) mass is 385 g/mol. The largest absolute Gasteiger partial charge is 0.244 e. The first-order valence-corrected chi connectivity index (χ1v) is 9.14. The fraction of sp³-hybridized carbons (Fsp3) is 0.500. The second kappa shape index (κ2) is 6.31. The molecule has 1 aromatic carbocycles. The van der Waals surface area contributed by atoms with Crippen LogP contribution in [0.2, 0.25) is 5.02 Å². The molecule has 0 radical (unpaired) electrons. The van der Waals surface area contributed by atoms with Crippen molar-refractivity contribution < 1.29 is 8.42 Å². The maximum atomic E-state index is 12.7. The van der Waals surface area contributed by atoms with Crippen molar-refractivity contribution in [3.05, 3.63) is 27.7 Å². The van der Waals surface area contributed by atoms with Gasteiger partial charge in [-0.15, -0.1) is 11.6 Å². The van der Waals surface area contributed by atoms with Crippen LogP contribution < -0.4 is 0 Å². The molecule has 1 aliphatic rings. The molecule has 0 N–H and O–H groups in total. The van der Waals surface area contributed by atoms with Gasteiger partial charge < -0.3 is 0 Å². The lowest BCUT2D eigenvalue weighted by atomic mass is 10.1. The summed E-state index contributed by atoms with van der Waals surface area (Å²) in [7, 11) is -3.57. The number of benzene rings is 1. The Kier molecular flexibility index (Phi) is 5.17. The van der Waals surface area contributed by atoms with E-state index in [-0.39, 0.29) is 16.0 Å². The van der Waals surface area contributed by atoms with Gasteiger partial charge in [0.15, 0.2) is 0 Å². The molecule has 0 aromatic heterocycles. The second-order valence-electron chi connectivity index (χ2n) is 4.49. The van der Waals surface area contributed by atoms with Crippen LogP contribution in [0.3, 0.4) is 0 Å². The summed E-state index contributed by atoms with van der Waals surface area (Å²) in [5.41, 5.74) is 0. The van der Waals surface area contributed by atoms with E-state index in [1.807, 2.05) is 0 Å². The molecule has 7 heteroatoms. The van der Waals surface area contributed by atoms with Crippen LogP contribution in [0, 0.1) is 0 Å². The van der Waals surface area contributed by atoms with Crippen LogP contribution in [-0.2, 0) is 10.0 Å². The first kappa shape index (κ1) is 15.6. The molecule has 1 aromatic rings. The van der Waals surface area contributed by atoms with Crippen molar-refractivity contribution in [2.75, 3.05) is 12.4 Å². The summed E-state index contributed by atoms with van der Waals surface area (Å²) in [5, 5.41) is 0.230. The Morgan fingerprint density at radius 1 is 1.37 bits per heavy atom. The highest BCUT2D eigenvalue weighted by molar-refractivity contribution is 9.10. The van der Waals surface area contributed by atoms with E-state index < -0.39 is 10.0 Å². The maximum absolute atomic E-state index is 12.7. The lowest BCUT2D eigenvalue weighted by Crippen LogP contribution is -2.44. The number of nitrogens with zero attached hydrogens (tertiary/aromatic N) is 1. The van der Waals surface area contributed by atoms with Crippen molar-refractivity contribution in [1.29, 1.82) is 0 Å². The summed E-state index contributed by atoms with van der Waals surface area (Å²) < 4.78 is 27.6. The summed E-state index contributed by atoms with van der Waals surface area (Å²) in [4.78, 5) is 0.148. The van der Waals surface area contributed by atoms with Crippen LogP contribution in [0.5, 0.6) is 0 Å². The van der Waals surface area contributed by atoms with Crippen LogP contribution in [0.4, 0.5) is 0 Å². The van der Waals surface area contributed by atoms with Gasteiger partial charge in [-0.05, 0) is 31.0 Å². The minimum absolute atomic E-state index is 0.139. The van der Waals surface area contributed by atoms with E-state index in [1.54, 1.807) is 12.1 Å². The zero-order chi connectivity index (χ0) is 14.0. The molecule has 1 heterocycles. The van der Waals surface area contributed by atoms with Gasteiger partial charge in [0.1, 0.15) is 4.90 Å². The molecule has 0 spiro atoms. The molecule has 2 rings (SSSR count). The molecule has 3 nitrogen and oxygen atoms in total. The van der Waals surface area contributed by atoms with Crippen LogP contribution in [-0.4, -0.2) is 31.2 Å². The normalized spacial score (nSPS) is 21.5. The Hall–Kier alpha value is 0.190. The zero-order valence-corrected chi connectivity index (χ0v) is 14.1. The molecular formula is C12H14BrCl2NO2S. The van der Waals surface area contributed by atoms with Gasteiger partial charge in [0.25, 0.3) is 0 Å². The standard InChI is InChI=1S/C12H14BrCl2NO2S/c13-9-4-5-12(11(15)7-9)19(17,18)16-6-2-1-3-10(16)8-14/h4-5,7,10H,1-3,6,8H2. The van der Waals surface area contributed by atoms with Gasteiger partial charge in [0.05, 0.1) is 5.02 Å². The number of sulfonamides is 1. The van der Waals surface area contributed by atoms with Crippen molar-refractivity contribution in [1.82, 2.24) is 4.31 Å². The van der Waals surface area contributed by atoms with E-state index in [4.69, 9.17) is 23.2 Å². The minimum atomic E-state index is -3.57. The quantitative estimate of drug-likeness (QED) is 0.739. The summed E-state index contributed by atoms with van der Waals surface area (Å²) in [5.74, 6) is 0.313. The molecule has 106 valence electrons. The molecule has 0 aliphatic carbocycles. The van der Waals surface area contributed by atoms with Crippen LogP contribution in [0.15, 0.2) is 27.6 Å². The van der Waals surface area contributed by atoms with E-state index in [0.29, 0.717) is 12.4 Å². The average molecular weight is 387 g/mol. The van der Waals surface area contributed by atoms with E-state index in [1.165, 1.54) is 10.4 Å². The number of rotatable bonds is 3.